The third-order valence-corrected chi connectivity index (χ3v) is 7.08. The fourth-order valence-electron chi connectivity index (χ4n) is 4.08. The van der Waals surface area contributed by atoms with Gasteiger partial charge in [-0.3, -0.25) is 9.69 Å². The van der Waals surface area contributed by atoms with E-state index in [1.54, 1.807) is 11.9 Å². The first kappa shape index (κ1) is 22.0. The van der Waals surface area contributed by atoms with Gasteiger partial charge in [0.05, 0.1) is 37.0 Å². The first-order valence-corrected chi connectivity index (χ1v) is 12.1. The zero-order valence-corrected chi connectivity index (χ0v) is 19.6. The third-order valence-electron chi connectivity index (χ3n) is 6.02. The highest BCUT2D eigenvalue weighted by atomic mass is 32.2. The summed E-state index contributed by atoms with van der Waals surface area (Å²) in [7, 11) is 1.78. The Hall–Kier alpha value is -2.81. The van der Waals surface area contributed by atoms with Crippen LogP contribution in [0.15, 0.2) is 58.4 Å². The Kier molecular flexibility index (Phi) is 6.66. The van der Waals surface area contributed by atoms with Crippen molar-refractivity contribution in [2.45, 2.75) is 0 Å². The Balaban J connectivity index is 1.28. The number of aliphatic imine (C=N–C) groups is 1. The lowest BCUT2D eigenvalue weighted by molar-refractivity contribution is -0.121. The number of benzene rings is 2. The van der Waals surface area contributed by atoms with Gasteiger partial charge in [0.2, 0.25) is 0 Å². The van der Waals surface area contributed by atoms with Crippen LogP contribution >= 0.6 is 11.8 Å². The van der Waals surface area contributed by atoms with Crippen molar-refractivity contribution in [1.29, 1.82) is 0 Å². The number of morpholine rings is 2. The number of anilines is 2. The number of thioether (sulfide) groups is 1. The molecule has 7 nitrogen and oxygen atoms in total. The minimum Gasteiger partial charge on any atom is -0.378 e. The predicted octanol–water partition coefficient (Wildman–Crippen LogP) is 3.59. The molecule has 0 aromatic heterocycles. The van der Waals surface area contributed by atoms with Crippen LogP contribution in [-0.4, -0.2) is 75.6 Å². The van der Waals surface area contributed by atoms with E-state index in [1.165, 1.54) is 23.1 Å². The van der Waals surface area contributed by atoms with Gasteiger partial charge in [-0.2, -0.15) is 0 Å². The number of likely N-dealkylation sites (N-methyl/N-ethyl adjacent to an activating group) is 1. The molecule has 3 aliphatic heterocycles. The zero-order chi connectivity index (χ0) is 22.6. The van der Waals surface area contributed by atoms with Crippen molar-refractivity contribution in [2.75, 3.05) is 69.5 Å². The molecule has 3 heterocycles. The Labute approximate surface area is 198 Å². The van der Waals surface area contributed by atoms with E-state index >= 15 is 0 Å². The number of amidine groups is 1. The molecule has 0 spiro atoms. The predicted molar refractivity (Wildman–Crippen MR) is 134 cm³/mol. The Morgan fingerprint density at radius 1 is 0.818 bits per heavy atom. The maximum absolute atomic E-state index is 12.8. The van der Waals surface area contributed by atoms with Crippen molar-refractivity contribution in [3.8, 4) is 0 Å². The average Bonchev–Trinajstić information content (AvgIpc) is 3.13. The minimum absolute atomic E-state index is 0.0269. The molecule has 0 bridgehead atoms. The number of amides is 1. The highest BCUT2D eigenvalue weighted by Crippen LogP contribution is 2.34. The summed E-state index contributed by atoms with van der Waals surface area (Å²) in [4.78, 5) is 24.5. The summed E-state index contributed by atoms with van der Waals surface area (Å²) in [6, 6.07) is 16.5. The van der Waals surface area contributed by atoms with Gasteiger partial charge in [0.25, 0.3) is 5.91 Å². The molecular weight excluding hydrogens is 436 g/mol. The van der Waals surface area contributed by atoms with Gasteiger partial charge in [-0.25, -0.2) is 4.99 Å². The van der Waals surface area contributed by atoms with Gasteiger partial charge in [-0.1, -0.05) is 12.1 Å². The summed E-state index contributed by atoms with van der Waals surface area (Å²) in [5.74, 6) is -0.0269. The van der Waals surface area contributed by atoms with Crippen molar-refractivity contribution in [1.82, 2.24) is 4.90 Å². The molecule has 8 heteroatoms. The molecule has 33 heavy (non-hydrogen) atoms. The Bertz CT molecular complexity index is 1040. The fraction of sp³-hybridized carbons (Fsp3) is 0.360. The second-order valence-corrected chi connectivity index (χ2v) is 9.19. The van der Waals surface area contributed by atoms with Crippen LogP contribution in [0.4, 0.5) is 17.1 Å². The molecule has 0 aliphatic carbocycles. The van der Waals surface area contributed by atoms with Crippen molar-refractivity contribution in [3.63, 3.8) is 0 Å². The summed E-state index contributed by atoms with van der Waals surface area (Å²) >= 11 is 1.41. The van der Waals surface area contributed by atoms with Crippen LogP contribution in [0.5, 0.6) is 0 Å². The second-order valence-electron chi connectivity index (χ2n) is 8.18. The molecule has 0 N–H and O–H groups in total. The largest absolute Gasteiger partial charge is 0.378 e. The van der Waals surface area contributed by atoms with E-state index in [2.05, 4.69) is 46.2 Å². The van der Waals surface area contributed by atoms with Crippen LogP contribution in [0.1, 0.15) is 5.56 Å². The highest BCUT2D eigenvalue weighted by Gasteiger charge is 2.30. The zero-order valence-electron chi connectivity index (χ0n) is 18.8. The minimum atomic E-state index is -0.0269. The number of hydrogen-bond donors (Lipinski definition) is 0. The molecule has 2 aromatic carbocycles. The van der Waals surface area contributed by atoms with Gasteiger partial charge < -0.3 is 19.3 Å². The van der Waals surface area contributed by atoms with Gasteiger partial charge >= 0.3 is 0 Å². The topological polar surface area (TPSA) is 57.6 Å². The molecule has 172 valence electrons. The summed E-state index contributed by atoms with van der Waals surface area (Å²) in [5.41, 5.74) is 4.20. The lowest BCUT2D eigenvalue weighted by Gasteiger charge is -2.28. The van der Waals surface area contributed by atoms with E-state index in [-0.39, 0.29) is 5.91 Å². The van der Waals surface area contributed by atoms with Crippen LogP contribution in [-0.2, 0) is 14.3 Å². The lowest BCUT2D eigenvalue weighted by atomic mass is 10.1. The maximum Gasteiger partial charge on any atom is 0.266 e. The SMILES string of the molecule is CN1C(=O)/C(=C/c2ccc(N3CCOCC3)cc2)SC1=Nc1ccc(N2CCOCC2)cc1. The standard InChI is InChI=1S/C25H28N4O3S/c1-27-24(30)23(18-19-2-6-21(7-3-19)28-10-14-31-15-11-28)33-25(27)26-20-4-8-22(9-5-20)29-12-16-32-17-13-29/h2-9,18H,10-17H2,1H3/b23-18-,26-25?. The number of ether oxygens (including phenoxy) is 2. The van der Waals surface area contributed by atoms with Gasteiger partial charge in [0.1, 0.15) is 0 Å². The number of hydrogen-bond acceptors (Lipinski definition) is 7. The normalized spacial score (nSPS) is 22.0. The van der Waals surface area contributed by atoms with Gasteiger partial charge in [0, 0.05) is 44.6 Å². The second kappa shape index (κ2) is 9.99. The van der Waals surface area contributed by atoms with E-state index in [1.807, 2.05) is 18.2 Å². The van der Waals surface area contributed by atoms with E-state index in [0.717, 1.165) is 63.9 Å². The summed E-state index contributed by atoms with van der Waals surface area (Å²) < 4.78 is 10.9. The molecule has 1 amide bonds. The van der Waals surface area contributed by atoms with Crippen molar-refractivity contribution in [3.05, 3.63) is 59.0 Å². The molecule has 0 saturated carbocycles. The van der Waals surface area contributed by atoms with Crippen molar-refractivity contribution >= 4 is 46.0 Å². The first-order valence-electron chi connectivity index (χ1n) is 11.3. The smallest absolute Gasteiger partial charge is 0.266 e. The molecule has 0 radical (unpaired) electrons. The van der Waals surface area contributed by atoms with Gasteiger partial charge in [0.15, 0.2) is 5.17 Å². The van der Waals surface area contributed by atoms with Crippen LogP contribution in [0.25, 0.3) is 6.08 Å². The monoisotopic (exact) mass is 464 g/mol. The maximum atomic E-state index is 12.8. The molecule has 3 saturated heterocycles. The number of carbonyl (C=O) groups is 1. The summed E-state index contributed by atoms with van der Waals surface area (Å²) in [5, 5.41) is 0.690. The summed E-state index contributed by atoms with van der Waals surface area (Å²) in [6.07, 6.45) is 1.94. The fourth-order valence-corrected chi connectivity index (χ4v) is 5.06. The molecule has 0 atom stereocenters. The molecule has 3 aliphatic rings. The van der Waals surface area contributed by atoms with Crippen LogP contribution in [0.3, 0.4) is 0 Å². The molecule has 3 fully saturated rings. The average molecular weight is 465 g/mol. The van der Waals surface area contributed by atoms with E-state index in [0.29, 0.717) is 10.1 Å². The lowest BCUT2D eigenvalue weighted by Crippen LogP contribution is -2.36. The van der Waals surface area contributed by atoms with Crippen LogP contribution < -0.4 is 9.80 Å². The van der Waals surface area contributed by atoms with E-state index < -0.39 is 0 Å². The molecule has 5 rings (SSSR count). The van der Waals surface area contributed by atoms with Crippen molar-refractivity contribution < 1.29 is 14.3 Å². The number of carbonyl (C=O) groups excluding carboxylic acids is 1. The first-order chi connectivity index (χ1) is 16.2. The third kappa shape index (κ3) is 5.08. The molecule has 2 aromatic rings. The van der Waals surface area contributed by atoms with Crippen molar-refractivity contribution in [2.24, 2.45) is 4.99 Å². The van der Waals surface area contributed by atoms with E-state index in [9.17, 15) is 4.79 Å². The Morgan fingerprint density at radius 3 is 1.88 bits per heavy atom. The summed E-state index contributed by atoms with van der Waals surface area (Å²) in [6.45, 7) is 6.69. The highest BCUT2D eigenvalue weighted by molar-refractivity contribution is 8.18. The van der Waals surface area contributed by atoms with Gasteiger partial charge in [-0.05, 0) is 59.8 Å². The number of nitrogens with zero attached hydrogens (tertiary/aromatic N) is 4. The van der Waals surface area contributed by atoms with Crippen LogP contribution in [0, 0.1) is 0 Å². The quantitative estimate of drug-likeness (QED) is 0.645. The Morgan fingerprint density at radius 2 is 1.33 bits per heavy atom. The van der Waals surface area contributed by atoms with E-state index in [4.69, 9.17) is 14.5 Å². The molecule has 0 unspecified atom stereocenters. The van der Waals surface area contributed by atoms with Crippen LogP contribution in [0.2, 0.25) is 0 Å². The number of rotatable bonds is 4. The van der Waals surface area contributed by atoms with Gasteiger partial charge in [-0.15, -0.1) is 0 Å². The molecular formula is C25H28N4O3S.